The Bertz CT molecular complexity index is 859. The van der Waals surface area contributed by atoms with Gasteiger partial charge in [-0.05, 0) is 19.9 Å². The maximum atomic E-state index is 12.8. The number of hydrogen-bond acceptors (Lipinski definition) is 4. The molecule has 0 atom stereocenters. The first-order chi connectivity index (χ1) is 12.7. The van der Waals surface area contributed by atoms with E-state index in [-0.39, 0.29) is 23.2 Å². The lowest BCUT2D eigenvalue weighted by Crippen LogP contribution is -2.47. The summed E-state index contributed by atoms with van der Waals surface area (Å²) in [6.07, 6.45) is -3.62. The van der Waals surface area contributed by atoms with Crippen LogP contribution in [0.2, 0.25) is 5.02 Å². The topological polar surface area (TPSA) is 63.1 Å². The van der Waals surface area contributed by atoms with E-state index in [0.717, 1.165) is 30.9 Å². The van der Waals surface area contributed by atoms with Gasteiger partial charge < -0.3 is 10.2 Å². The normalized spacial score (nSPS) is 15.3. The molecule has 0 aliphatic carbocycles. The lowest BCUT2D eigenvalue weighted by molar-refractivity contribution is -0.137. The summed E-state index contributed by atoms with van der Waals surface area (Å²) in [5.74, 6) is 0.0971. The van der Waals surface area contributed by atoms with Gasteiger partial charge in [-0.2, -0.15) is 18.3 Å². The molecule has 1 aliphatic rings. The van der Waals surface area contributed by atoms with Crippen molar-refractivity contribution in [1.82, 2.24) is 25.0 Å². The molecule has 146 valence electrons. The van der Waals surface area contributed by atoms with E-state index in [2.05, 4.69) is 15.4 Å². The molecule has 1 N–H and O–H groups in total. The number of aromatic nitrogens is 3. The lowest BCUT2D eigenvalue weighted by atomic mass is 10.1. The number of halogens is 4. The molecule has 1 saturated heterocycles. The molecule has 1 aliphatic heterocycles. The van der Waals surface area contributed by atoms with Crippen molar-refractivity contribution in [3.8, 4) is 5.82 Å². The van der Waals surface area contributed by atoms with Gasteiger partial charge in [-0.1, -0.05) is 11.6 Å². The van der Waals surface area contributed by atoms with Gasteiger partial charge in [0.2, 0.25) is 5.91 Å². The second kappa shape index (κ2) is 7.47. The van der Waals surface area contributed by atoms with E-state index in [1.54, 1.807) is 18.7 Å². The molecule has 3 rings (SSSR count). The van der Waals surface area contributed by atoms with Crippen molar-refractivity contribution in [3.63, 3.8) is 0 Å². The van der Waals surface area contributed by atoms with Crippen LogP contribution < -0.4 is 5.32 Å². The summed E-state index contributed by atoms with van der Waals surface area (Å²) >= 11 is 6.03. The van der Waals surface area contributed by atoms with E-state index >= 15 is 0 Å². The number of alkyl halides is 3. The molecule has 27 heavy (non-hydrogen) atoms. The molecule has 0 bridgehead atoms. The van der Waals surface area contributed by atoms with Crippen LogP contribution in [0.5, 0.6) is 0 Å². The second-order valence-electron chi connectivity index (χ2n) is 6.40. The zero-order chi connectivity index (χ0) is 19.8. The van der Waals surface area contributed by atoms with Crippen molar-refractivity contribution >= 4 is 17.5 Å². The van der Waals surface area contributed by atoms with E-state index in [1.807, 2.05) is 0 Å². The fraction of sp³-hybridized carbons (Fsp3) is 0.471. The molecular formula is C17H19ClF3N5O. The standard InChI is InChI=1S/C17H19ClF3N5O/c1-10-13(8-15(27)25-5-3-22-4-6-25)11(2)26(24-10)16-14(18)7-12(9-23-16)17(19,20)21/h7,9,22H,3-6,8H2,1-2H3. The molecule has 3 heterocycles. The van der Waals surface area contributed by atoms with E-state index < -0.39 is 11.7 Å². The molecule has 10 heteroatoms. The molecule has 0 saturated carbocycles. The third kappa shape index (κ3) is 4.08. The predicted molar refractivity (Wildman–Crippen MR) is 94.0 cm³/mol. The van der Waals surface area contributed by atoms with Crippen LogP contribution >= 0.6 is 11.6 Å². The highest BCUT2D eigenvalue weighted by Gasteiger charge is 2.32. The molecule has 0 radical (unpaired) electrons. The Hall–Kier alpha value is -2.13. The average Bonchev–Trinajstić information content (AvgIpc) is 2.89. The summed E-state index contributed by atoms with van der Waals surface area (Å²) < 4.78 is 39.8. The van der Waals surface area contributed by atoms with Crippen molar-refractivity contribution in [2.75, 3.05) is 26.2 Å². The molecule has 0 aromatic carbocycles. The van der Waals surface area contributed by atoms with E-state index in [0.29, 0.717) is 24.5 Å². The summed E-state index contributed by atoms with van der Waals surface area (Å²) in [6.45, 7) is 6.31. The van der Waals surface area contributed by atoms with Gasteiger partial charge in [-0.15, -0.1) is 0 Å². The minimum atomic E-state index is -4.52. The maximum Gasteiger partial charge on any atom is 0.417 e. The van der Waals surface area contributed by atoms with Crippen LogP contribution in [-0.2, 0) is 17.4 Å². The zero-order valence-electron chi connectivity index (χ0n) is 14.9. The first kappa shape index (κ1) is 19.6. The lowest BCUT2D eigenvalue weighted by Gasteiger charge is -2.27. The van der Waals surface area contributed by atoms with Crippen LogP contribution in [0, 0.1) is 13.8 Å². The Morgan fingerprint density at radius 3 is 2.56 bits per heavy atom. The Kier molecular flexibility index (Phi) is 5.43. The number of pyridine rings is 1. The van der Waals surface area contributed by atoms with Gasteiger partial charge >= 0.3 is 6.18 Å². The Morgan fingerprint density at radius 1 is 1.30 bits per heavy atom. The van der Waals surface area contributed by atoms with Crippen LogP contribution in [0.25, 0.3) is 5.82 Å². The van der Waals surface area contributed by atoms with Gasteiger partial charge in [-0.3, -0.25) is 4.79 Å². The van der Waals surface area contributed by atoms with Crippen LogP contribution in [0.3, 0.4) is 0 Å². The van der Waals surface area contributed by atoms with Crippen molar-refractivity contribution in [1.29, 1.82) is 0 Å². The van der Waals surface area contributed by atoms with E-state index in [9.17, 15) is 18.0 Å². The molecule has 0 unspecified atom stereocenters. The third-order valence-corrected chi connectivity index (χ3v) is 4.87. The number of hydrogen-bond donors (Lipinski definition) is 1. The molecular weight excluding hydrogens is 383 g/mol. The van der Waals surface area contributed by atoms with Crippen LogP contribution in [0.4, 0.5) is 13.2 Å². The molecule has 6 nitrogen and oxygen atoms in total. The minimum absolute atomic E-state index is 0.00581. The van der Waals surface area contributed by atoms with Gasteiger partial charge in [-0.25, -0.2) is 9.67 Å². The molecule has 0 spiro atoms. The van der Waals surface area contributed by atoms with Gasteiger partial charge in [0.15, 0.2) is 5.82 Å². The van der Waals surface area contributed by atoms with Crippen molar-refractivity contribution in [2.24, 2.45) is 0 Å². The number of carbonyl (C=O) groups excluding carboxylic acids is 1. The van der Waals surface area contributed by atoms with E-state index in [4.69, 9.17) is 11.6 Å². The van der Waals surface area contributed by atoms with Gasteiger partial charge in [0, 0.05) is 43.6 Å². The smallest absolute Gasteiger partial charge is 0.340 e. The Labute approximate surface area is 159 Å². The number of carbonyl (C=O) groups is 1. The number of nitrogens with zero attached hydrogens (tertiary/aromatic N) is 4. The SMILES string of the molecule is Cc1nn(-c2ncc(C(F)(F)F)cc2Cl)c(C)c1CC(=O)N1CCNCC1. The molecule has 2 aromatic rings. The number of nitrogens with one attached hydrogen (secondary N) is 1. The van der Waals surface area contributed by atoms with Crippen LogP contribution in [0.15, 0.2) is 12.3 Å². The van der Waals surface area contributed by atoms with Gasteiger partial charge in [0.25, 0.3) is 0 Å². The highest BCUT2D eigenvalue weighted by molar-refractivity contribution is 6.32. The summed E-state index contributed by atoms with van der Waals surface area (Å²) in [6, 6.07) is 0.825. The molecule has 2 aromatic heterocycles. The average molecular weight is 402 g/mol. The number of rotatable bonds is 3. The van der Waals surface area contributed by atoms with Gasteiger partial charge in [0.05, 0.1) is 22.7 Å². The van der Waals surface area contributed by atoms with Gasteiger partial charge in [0.1, 0.15) is 0 Å². The monoisotopic (exact) mass is 401 g/mol. The van der Waals surface area contributed by atoms with Crippen LogP contribution in [-0.4, -0.2) is 51.8 Å². The van der Waals surface area contributed by atoms with Crippen molar-refractivity contribution in [3.05, 3.63) is 39.8 Å². The minimum Gasteiger partial charge on any atom is -0.340 e. The Morgan fingerprint density at radius 2 is 1.96 bits per heavy atom. The quantitative estimate of drug-likeness (QED) is 0.858. The van der Waals surface area contributed by atoms with E-state index in [1.165, 1.54) is 4.68 Å². The highest BCUT2D eigenvalue weighted by Crippen LogP contribution is 2.32. The highest BCUT2D eigenvalue weighted by atomic mass is 35.5. The maximum absolute atomic E-state index is 12.8. The predicted octanol–water partition coefficient (Wildman–Crippen LogP) is 2.53. The number of aryl methyl sites for hydroxylation is 1. The summed E-state index contributed by atoms with van der Waals surface area (Å²) in [5, 5.41) is 7.37. The number of amides is 1. The van der Waals surface area contributed by atoms with Crippen molar-refractivity contribution < 1.29 is 18.0 Å². The summed E-state index contributed by atoms with van der Waals surface area (Å²) in [4.78, 5) is 18.2. The first-order valence-corrected chi connectivity index (χ1v) is 8.83. The fourth-order valence-electron chi connectivity index (χ4n) is 3.06. The summed E-state index contributed by atoms with van der Waals surface area (Å²) in [7, 11) is 0. The van der Waals surface area contributed by atoms with Crippen molar-refractivity contribution in [2.45, 2.75) is 26.4 Å². The fourth-order valence-corrected chi connectivity index (χ4v) is 3.30. The molecule has 1 amide bonds. The first-order valence-electron chi connectivity index (χ1n) is 8.45. The number of piperazine rings is 1. The summed E-state index contributed by atoms with van der Waals surface area (Å²) in [5.41, 5.74) is 1.06. The Balaban J connectivity index is 1.88. The zero-order valence-corrected chi connectivity index (χ0v) is 15.7. The third-order valence-electron chi connectivity index (χ3n) is 4.59. The largest absolute Gasteiger partial charge is 0.417 e. The van der Waals surface area contributed by atoms with Crippen LogP contribution in [0.1, 0.15) is 22.5 Å². The second-order valence-corrected chi connectivity index (χ2v) is 6.80. The molecule has 1 fully saturated rings.